The Kier molecular flexibility index (Phi) is 3.92. The maximum atomic E-state index is 4.36. The summed E-state index contributed by atoms with van der Waals surface area (Å²) in [6.07, 6.45) is 4.33. The second-order valence-electron chi connectivity index (χ2n) is 4.53. The Morgan fingerprint density at radius 2 is 1.82 bits per heavy atom. The van der Waals surface area contributed by atoms with Crippen molar-refractivity contribution in [2.75, 3.05) is 0 Å². The third-order valence-electron chi connectivity index (χ3n) is 3.16. The number of hydrogen-bond acceptors (Lipinski definition) is 1. The molecule has 0 aliphatic heterocycles. The highest BCUT2D eigenvalue weighted by Gasteiger charge is 2.04. The Balaban J connectivity index is 2.19. The minimum atomic E-state index is 0.651. The third-order valence-corrected chi connectivity index (χ3v) is 3.16. The topological polar surface area (TPSA) is 12.9 Å². The van der Waals surface area contributed by atoms with Crippen LogP contribution in [0.4, 0.5) is 0 Å². The molecule has 1 atom stereocenters. The predicted octanol–water partition coefficient (Wildman–Crippen LogP) is 4.65. The molecule has 1 unspecified atom stereocenters. The van der Waals surface area contributed by atoms with Gasteiger partial charge in [0.2, 0.25) is 0 Å². The van der Waals surface area contributed by atoms with E-state index in [4.69, 9.17) is 0 Å². The smallest absolute Gasteiger partial charge is 0.0701 e. The van der Waals surface area contributed by atoms with Crippen LogP contribution in [0.1, 0.15) is 38.2 Å². The van der Waals surface area contributed by atoms with E-state index in [0.717, 1.165) is 5.69 Å². The van der Waals surface area contributed by atoms with Crippen molar-refractivity contribution in [2.45, 2.75) is 32.6 Å². The van der Waals surface area contributed by atoms with Gasteiger partial charge in [-0.25, -0.2) is 0 Å². The van der Waals surface area contributed by atoms with Crippen LogP contribution in [0, 0.1) is 0 Å². The standard InChI is InChI=1S/C16H19N/c1-3-6-13(2)14-8-10-15(11-9-14)16-7-4-5-12-17-16/h4-5,7-13H,3,6H2,1-2H3. The molecule has 1 heterocycles. The third kappa shape index (κ3) is 2.94. The quantitative estimate of drug-likeness (QED) is 0.738. The van der Waals surface area contributed by atoms with Gasteiger partial charge in [-0.05, 0) is 30.0 Å². The average Bonchev–Trinajstić information content (AvgIpc) is 2.40. The van der Waals surface area contributed by atoms with E-state index in [9.17, 15) is 0 Å². The Hall–Kier alpha value is -1.63. The Morgan fingerprint density at radius 3 is 2.41 bits per heavy atom. The first-order chi connectivity index (χ1) is 8.31. The fourth-order valence-electron chi connectivity index (χ4n) is 2.12. The second kappa shape index (κ2) is 5.62. The largest absolute Gasteiger partial charge is 0.256 e. The van der Waals surface area contributed by atoms with Crippen LogP contribution in [0.3, 0.4) is 0 Å². The van der Waals surface area contributed by atoms with Crippen molar-refractivity contribution in [3.63, 3.8) is 0 Å². The molecule has 0 fully saturated rings. The Morgan fingerprint density at radius 1 is 1.06 bits per heavy atom. The fourth-order valence-corrected chi connectivity index (χ4v) is 2.12. The lowest BCUT2D eigenvalue weighted by Gasteiger charge is -2.11. The van der Waals surface area contributed by atoms with Crippen molar-refractivity contribution < 1.29 is 0 Å². The van der Waals surface area contributed by atoms with Crippen molar-refractivity contribution >= 4 is 0 Å². The van der Waals surface area contributed by atoms with Crippen LogP contribution in [-0.2, 0) is 0 Å². The number of hydrogen-bond donors (Lipinski definition) is 0. The van der Waals surface area contributed by atoms with Crippen molar-refractivity contribution in [3.8, 4) is 11.3 Å². The van der Waals surface area contributed by atoms with Gasteiger partial charge >= 0.3 is 0 Å². The Labute approximate surface area is 104 Å². The number of pyridine rings is 1. The van der Waals surface area contributed by atoms with E-state index in [1.165, 1.54) is 24.0 Å². The lowest BCUT2D eigenvalue weighted by molar-refractivity contribution is 0.665. The van der Waals surface area contributed by atoms with Crippen molar-refractivity contribution in [2.24, 2.45) is 0 Å². The van der Waals surface area contributed by atoms with Crippen molar-refractivity contribution in [3.05, 3.63) is 54.2 Å². The van der Waals surface area contributed by atoms with Crippen LogP contribution in [0.15, 0.2) is 48.7 Å². The average molecular weight is 225 g/mol. The number of aromatic nitrogens is 1. The Bertz CT molecular complexity index is 445. The van der Waals surface area contributed by atoms with Gasteiger partial charge in [-0.1, -0.05) is 50.6 Å². The van der Waals surface area contributed by atoms with Gasteiger partial charge in [-0.15, -0.1) is 0 Å². The fraction of sp³-hybridized carbons (Fsp3) is 0.312. The summed E-state index contributed by atoms with van der Waals surface area (Å²) in [7, 11) is 0. The van der Waals surface area contributed by atoms with Crippen LogP contribution in [0.25, 0.3) is 11.3 Å². The first-order valence-electron chi connectivity index (χ1n) is 6.32. The van der Waals surface area contributed by atoms with E-state index in [1.807, 2.05) is 24.4 Å². The second-order valence-corrected chi connectivity index (χ2v) is 4.53. The van der Waals surface area contributed by atoms with Crippen LogP contribution in [-0.4, -0.2) is 4.98 Å². The van der Waals surface area contributed by atoms with E-state index in [0.29, 0.717) is 5.92 Å². The zero-order valence-corrected chi connectivity index (χ0v) is 10.6. The zero-order chi connectivity index (χ0) is 12.1. The molecule has 0 amide bonds. The van der Waals surface area contributed by atoms with E-state index in [2.05, 4.69) is 43.1 Å². The summed E-state index contributed by atoms with van der Waals surface area (Å²) >= 11 is 0. The van der Waals surface area contributed by atoms with Crippen molar-refractivity contribution in [1.82, 2.24) is 4.98 Å². The van der Waals surface area contributed by atoms with Gasteiger partial charge in [0, 0.05) is 11.8 Å². The van der Waals surface area contributed by atoms with Crippen molar-refractivity contribution in [1.29, 1.82) is 0 Å². The molecule has 88 valence electrons. The molecule has 2 aromatic rings. The number of benzene rings is 1. The van der Waals surface area contributed by atoms with Gasteiger partial charge in [-0.3, -0.25) is 4.98 Å². The summed E-state index contributed by atoms with van der Waals surface area (Å²) in [5, 5.41) is 0. The maximum Gasteiger partial charge on any atom is 0.0701 e. The summed E-state index contributed by atoms with van der Waals surface area (Å²) in [5.74, 6) is 0.651. The van der Waals surface area contributed by atoms with Crippen LogP contribution >= 0.6 is 0 Å². The highest BCUT2D eigenvalue weighted by molar-refractivity contribution is 5.59. The van der Waals surface area contributed by atoms with E-state index in [-0.39, 0.29) is 0 Å². The molecule has 1 nitrogen and oxygen atoms in total. The first-order valence-corrected chi connectivity index (χ1v) is 6.32. The van der Waals surface area contributed by atoms with Gasteiger partial charge < -0.3 is 0 Å². The molecule has 0 saturated carbocycles. The summed E-state index contributed by atoms with van der Waals surface area (Å²) in [5.41, 5.74) is 3.66. The molecule has 0 radical (unpaired) electrons. The maximum absolute atomic E-state index is 4.36. The molecule has 0 bridgehead atoms. The molecule has 2 rings (SSSR count). The van der Waals surface area contributed by atoms with Gasteiger partial charge in [0.05, 0.1) is 5.69 Å². The molecule has 0 N–H and O–H groups in total. The summed E-state index contributed by atoms with van der Waals surface area (Å²) in [4.78, 5) is 4.36. The van der Waals surface area contributed by atoms with Gasteiger partial charge in [0.15, 0.2) is 0 Å². The van der Waals surface area contributed by atoms with Crippen LogP contribution < -0.4 is 0 Å². The molecule has 0 aliphatic rings. The minimum absolute atomic E-state index is 0.651. The first kappa shape index (κ1) is 11.8. The lowest BCUT2D eigenvalue weighted by Crippen LogP contribution is -1.92. The van der Waals surface area contributed by atoms with Crippen LogP contribution in [0.5, 0.6) is 0 Å². The molecule has 1 aromatic heterocycles. The normalized spacial score (nSPS) is 12.4. The molecule has 0 spiro atoms. The molecule has 1 aromatic carbocycles. The molecular weight excluding hydrogens is 206 g/mol. The van der Waals surface area contributed by atoms with E-state index < -0.39 is 0 Å². The van der Waals surface area contributed by atoms with Crippen LogP contribution in [0.2, 0.25) is 0 Å². The molecule has 1 heteroatoms. The predicted molar refractivity (Wildman–Crippen MR) is 73.0 cm³/mol. The number of rotatable bonds is 4. The van der Waals surface area contributed by atoms with Gasteiger partial charge in [0.25, 0.3) is 0 Å². The molecule has 17 heavy (non-hydrogen) atoms. The minimum Gasteiger partial charge on any atom is -0.256 e. The highest BCUT2D eigenvalue weighted by Crippen LogP contribution is 2.23. The summed E-state index contributed by atoms with van der Waals surface area (Å²) in [6, 6.07) is 14.8. The summed E-state index contributed by atoms with van der Waals surface area (Å²) < 4.78 is 0. The van der Waals surface area contributed by atoms with E-state index >= 15 is 0 Å². The van der Waals surface area contributed by atoms with E-state index in [1.54, 1.807) is 0 Å². The SMILES string of the molecule is CCCC(C)c1ccc(-c2ccccn2)cc1. The molecule has 0 saturated heterocycles. The molecular formula is C16H19N. The summed E-state index contributed by atoms with van der Waals surface area (Å²) in [6.45, 7) is 4.53. The van der Waals surface area contributed by atoms with Gasteiger partial charge in [-0.2, -0.15) is 0 Å². The zero-order valence-electron chi connectivity index (χ0n) is 10.6. The lowest BCUT2D eigenvalue weighted by atomic mass is 9.95. The highest BCUT2D eigenvalue weighted by atomic mass is 14.7. The molecule has 0 aliphatic carbocycles. The monoisotopic (exact) mass is 225 g/mol. The number of nitrogens with zero attached hydrogens (tertiary/aromatic N) is 1. The van der Waals surface area contributed by atoms with Gasteiger partial charge in [0.1, 0.15) is 0 Å².